The Morgan fingerprint density at radius 2 is 2.42 bits per heavy atom. The number of H-pyrrole nitrogens is 1. The zero-order valence-electron chi connectivity index (χ0n) is 10.5. The standard InChI is InChI=1S/C14H15N3O2/c18-14(17-5-3-13-15-6-7-16-13)11-1-2-12-10(9-11)4-8-19-12/h1-2,6-7,9H,3-5,8H2,(H,15,16)(H,17,18). The van der Waals surface area contributed by atoms with Crippen molar-refractivity contribution in [1.82, 2.24) is 15.3 Å². The molecule has 0 radical (unpaired) electrons. The Morgan fingerprint density at radius 3 is 3.26 bits per heavy atom. The Kier molecular flexibility index (Phi) is 3.18. The van der Waals surface area contributed by atoms with E-state index in [1.165, 1.54) is 0 Å². The second kappa shape index (κ2) is 5.14. The molecule has 0 aliphatic carbocycles. The molecule has 0 atom stereocenters. The number of fused-ring (bicyclic) bond motifs is 1. The summed E-state index contributed by atoms with van der Waals surface area (Å²) in [4.78, 5) is 19.1. The fraction of sp³-hybridized carbons (Fsp3) is 0.286. The fourth-order valence-corrected chi connectivity index (χ4v) is 2.16. The van der Waals surface area contributed by atoms with Gasteiger partial charge < -0.3 is 15.0 Å². The Labute approximate surface area is 111 Å². The normalized spacial score (nSPS) is 12.8. The highest BCUT2D eigenvalue weighted by Gasteiger charge is 2.14. The topological polar surface area (TPSA) is 67.0 Å². The van der Waals surface area contributed by atoms with Crippen LogP contribution in [0.1, 0.15) is 21.7 Å². The molecule has 0 unspecified atom stereocenters. The number of aromatic amines is 1. The van der Waals surface area contributed by atoms with Gasteiger partial charge in [0.15, 0.2) is 0 Å². The summed E-state index contributed by atoms with van der Waals surface area (Å²) >= 11 is 0. The average molecular weight is 257 g/mol. The second-order valence-corrected chi connectivity index (χ2v) is 4.46. The summed E-state index contributed by atoms with van der Waals surface area (Å²) in [6.45, 7) is 1.28. The van der Waals surface area contributed by atoms with Gasteiger partial charge in [0.05, 0.1) is 6.61 Å². The molecule has 1 aliphatic rings. The molecule has 2 aromatic rings. The predicted octanol–water partition coefficient (Wildman–Crippen LogP) is 1.32. The van der Waals surface area contributed by atoms with Crippen LogP contribution in [0.4, 0.5) is 0 Å². The minimum Gasteiger partial charge on any atom is -0.493 e. The molecule has 19 heavy (non-hydrogen) atoms. The molecule has 5 nitrogen and oxygen atoms in total. The molecule has 0 fully saturated rings. The van der Waals surface area contributed by atoms with Gasteiger partial charge in [-0.15, -0.1) is 0 Å². The van der Waals surface area contributed by atoms with E-state index in [2.05, 4.69) is 15.3 Å². The minimum absolute atomic E-state index is 0.0544. The number of imidazole rings is 1. The van der Waals surface area contributed by atoms with Crippen molar-refractivity contribution in [3.63, 3.8) is 0 Å². The van der Waals surface area contributed by atoms with Crippen LogP contribution < -0.4 is 10.1 Å². The molecule has 2 N–H and O–H groups in total. The number of aromatic nitrogens is 2. The fourth-order valence-electron chi connectivity index (χ4n) is 2.16. The molecule has 0 saturated heterocycles. The summed E-state index contributed by atoms with van der Waals surface area (Å²) < 4.78 is 5.42. The number of benzene rings is 1. The number of nitrogens with one attached hydrogen (secondary N) is 2. The van der Waals surface area contributed by atoms with Gasteiger partial charge in [-0.1, -0.05) is 0 Å². The van der Waals surface area contributed by atoms with E-state index in [0.717, 1.165) is 23.6 Å². The molecule has 5 heteroatoms. The number of carbonyl (C=O) groups is 1. The number of rotatable bonds is 4. The smallest absolute Gasteiger partial charge is 0.251 e. The zero-order valence-corrected chi connectivity index (χ0v) is 10.5. The summed E-state index contributed by atoms with van der Waals surface area (Å²) in [6, 6.07) is 5.57. The molecule has 1 aromatic heterocycles. The van der Waals surface area contributed by atoms with Gasteiger partial charge in [-0.25, -0.2) is 4.98 Å². The van der Waals surface area contributed by atoms with Crippen LogP contribution in [0.3, 0.4) is 0 Å². The highest BCUT2D eigenvalue weighted by molar-refractivity contribution is 5.94. The average Bonchev–Trinajstić information content (AvgIpc) is 3.08. The van der Waals surface area contributed by atoms with E-state index >= 15 is 0 Å². The van der Waals surface area contributed by atoms with Crippen LogP contribution in [-0.2, 0) is 12.8 Å². The lowest BCUT2D eigenvalue weighted by molar-refractivity contribution is 0.0954. The van der Waals surface area contributed by atoms with Crippen molar-refractivity contribution >= 4 is 5.91 Å². The first-order chi connectivity index (χ1) is 9.33. The van der Waals surface area contributed by atoms with E-state index in [1.807, 2.05) is 12.1 Å². The Morgan fingerprint density at radius 1 is 1.47 bits per heavy atom. The lowest BCUT2D eigenvalue weighted by Gasteiger charge is -2.05. The van der Waals surface area contributed by atoms with Crippen molar-refractivity contribution in [3.8, 4) is 5.75 Å². The summed E-state index contributed by atoms with van der Waals surface area (Å²) in [5, 5.41) is 2.89. The Bertz CT molecular complexity index is 578. The maximum Gasteiger partial charge on any atom is 0.251 e. The van der Waals surface area contributed by atoms with Crippen LogP contribution in [-0.4, -0.2) is 29.0 Å². The molecule has 0 bridgehead atoms. The van der Waals surface area contributed by atoms with Crippen molar-refractivity contribution in [3.05, 3.63) is 47.5 Å². The number of ether oxygens (including phenoxy) is 1. The highest BCUT2D eigenvalue weighted by Crippen LogP contribution is 2.25. The van der Waals surface area contributed by atoms with Crippen molar-refractivity contribution in [2.75, 3.05) is 13.2 Å². The minimum atomic E-state index is -0.0544. The molecule has 0 spiro atoms. The van der Waals surface area contributed by atoms with Crippen LogP contribution in [0.5, 0.6) is 5.75 Å². The van der Waals surface area contributed by atoms with E-state index in [1.54, 1.807) is 18.5 Å². The maximum absolute atomic E-state index is 12.0. The van der Waals surface area contributed by atoms with Gasteiger partial charge in [0.2, 0.25) is 0 Å². The SMILES string of the molecule is O=C(NCCc1ncc[nH]1)c1ccc2c(c1)CCO2. The summed E-state index contributed by atoms with van der Waals surface area (Å²) in [5.41, 5.74) is 1.79. The van der Waals surface area contributed by atoms with E-state index in [0.29, 0.717) is 25.1 Å². The van der Waals surface area contributed by atoms with Crippen LogP contribution in [0, 0.1) is 0 Å². The van der Waals surface area contributed by atoms with E-state index < -0.39 is 0 Å². The van der Waals surface area contributed by atoms with Crippen molar-refractivity contribution in [2.45, 2.75) is 12.8 Å². The van der Waals surface area contributed by atoms with Gasteiger partial charge in [-0.3, -0.25) is 4.79 Å². The van der Waals surface area contributed by atoms with E-state index in [9.17, 15) is 4.79 Å². The van der Waals surface area contributed by atoms with E-state index in [4.69, 9.17) is 4.74 Å². The van der Waals surface area contributed by atoms with Crippen molar-refractivity contribution in [1.29, 1.82) is 0 Å². The molecule has 1 aliphatic heterocycles. The summed E-state index contributed by atoms with van der Waals surface area (Å²) in [5.74, 6) is 1.72. The first-order valence-corrected chi connectivity index (χ1v) is 6.35. The third kappa shape index (κ3) is 2.59. The Balaban J connectivity index is 1.58. The number of carbonyl (C=O) groups excluding carboxylic acids is 1. The monoisotopic (exact) mass is 257 g/mol. The molecule has 0 saturated carbocycles. The van der Waals surface area contributed by atoms with E-state index in [-0.39, 0.29) is 5.91 Å². The molecule has 1 amide bonds. The Hall–Kier alpha value is -2.30. The van der Waals surface area contributed by atoms with Gasteiger partial charge in [-0.05, 0) is 23.8 Å². The number of amides is 1. The van der Waals surface area contributed by atoms with Gasteiger partial charge in [0.25, 0.3) is 5.91 Å². The van der Waals surface area contributed by atoms with Crippen molar-refractivity contribution in [2.24, 2.45) is 0 Å². The van der Waals surface area contributed by atoms with Crippen LogP contribution >= 0.6 is 0 Å². The van der Waals surface area contributed by atoms with Gasteiger partial charge in [-0.2, -0.15) is 0 Å². The first kappa shape index (κ1) is 11.8. The third-order valence-corrected chi connectivity index (χ3v) is 3.15. The quantitative estimate of drug-likeness (QED) is 0.868. The molecule has 98 valence electrons. The van der Waals surface area contributed by atoms with Gasteiger partial charge >= 0.3 is 0 Å². The lowest BCUT2D eigenvalue weighted by atomic mass is 10.1. The molecule has 2 heterocycles. The van der Waals surface area contributed by atoms with Crippen LogP contribution in [0.15, 0.2) is 30.6 Å². The summed E-state index contributed by atoms with van der Waals surface area (Å²) in [7, 11) is 0. The number of nitrogens with zero attached hydrogens (tertiary/aromatic N) is 1. The van der Waals surface area contributed by atoms with Crippen LogP contribution in [0.2, 0.25) is 0 Å². The second-order valence-electron chi connectivity index (χ2n) is 4.46. The van der Waals surface area contributed by atoms with Crippen LogP contribution in [0.25, 0.3) is 0 Å². The first-order valence-electron chi connectivity index (χ1n) is 6.35. The highest BCUT2D eigenvalue weighted by atomic mass is 16.5. The molecular formula is C14H15N3O2. The van der Waals surface area contributed by atoms with Gasteiger partial charge in [0, 0.05) is 37.3 Å². The largest absolute Gasteiger partial charge is 0.493 e. The molecule has 3 rings (SSSR count). The van der Waals surface area contributed by atoms with Crippen molar-refractivity contribution < 1.29 is 9.53 Å². The third-order valence-electron chi connectivity index (χ3n) is 3.15. The predicted molar refractivity (Wildman–Crippen MR) is 70.3 cm³/mol. The molecular weight excluding hydrogens is 242 g/mol. The number of hydrogen-bond acceptors (Lipinski definition) is 3. The number of hydrogen-bond donors (Lipinski definition) is 2. The lowest BCUT2D eigenvalue weighted by Crippen LogP contribution is -2.26. The maximum atomic E-state index is 12.0. The zero-order chi connectivity index (χ0) is 13.1. The summed E-state index contributed by atoms with van der Waals surface area (Å²) in [6.07, 6.45) is 5.06. The van der Waals surface area contributed by atoms with Gasteiger partial charge in [0.1, 0.15) is 11.6 Å². The molecule has 1 aromatic carbocycles.